The summed E-state index contributed by atoms with van der Waals surface area (Å²) >= 11 is 0. The van der Waals surface area contributed by atoms with Crippen LogP contribution in [0.25, 0.3) is 0 Å². The van der Waals surface area contributed by atoms with Crippen molar-refractivity contribution in [1.82, 2.24) is 9.80 Å². The van der Waals surface area contributed by atoms with E-state index >= 15 is 0 Å². The number of furan rings is 1. The highest BCUT2D eigenvalue weighted by atomic mass is 16.3. The minimum absolute atomic E-state index is 0.0634. The summed E-state index contributed by atoms with van der Waals surface area (Å²) in [5, 5.41) is 9.64. The molecule has 0 aliphatic carbocycles. The van der Waals surface area contributed by atoms with E-state index in [9.17, 15) is 14.7 Å². The van der Waals surface area contributed by atoms with Crippen molar-refractivity contribution in [3.8, 4) is 0 Å². The maximum atomic E-state index is 11.9. The van der Waals surface area contributed by atoms with Gasteiger partial charge in [-0.3, -0.25) is 9.59 Å². The van der Waals surface area contributed by atoms with E-state index in [0.29, 0.717) is 0 Å². The molecule has 0 unspecified atom stereocenters. The minimum atomic E-state index is -0.964. The first-order valence-corrected chi connectivity index (χ1v) is 5.96. The van der Waals surface area contributed by atoms with Gasteiger partial charge in [0.05, 0.1) is 18.4 Å². The number of amides is 2. The van der Waals surface area contributed by atoms with Crippen molar-refractivity contribution in [2.75, 3.05) is 27.2 Å². The summed E-state index contributed by atoms with van der Waals surface area (Å²) in [5.74, 6) is -0.403. The lowest BCUT2D eigenvalue weighted by atomic mass is 10.1. The van der Waals surface area contributed by atoms with Crippen LogP contribution in [0.4, 0.5) is 0 Å². The maximum Gasteiger partial charge on any atom is 0.289 e. The molecule has 0 fully saturated rings. The van der Waals surface area contributed by atoms with Crippen LogP contribution in [0, 0.1) is 0 Å². The zero-order valence-electron chi connectivity index (χ0n) is 11.7. The van der Waals surface area contributed by atoms with Crippen LogP contribution < -0.4 is 0 Å². The van der Waals surface area contributed by atoms with E-state index in [1.165, 1.54) is 23.1 Å². The fraction of sp³-hybridized carbons (Fsp3) is 0.538. The number of hydrogen-bond donors (Lipinski definition) is 1. The van der Waals surface area contributed by atoms with E-state index in [4.69, 9.17) is 4.42 Å². The van der Waals surface area contributed by atoms with Crippen LogP contribution >= 0.6 is 0 Å². The van der Waals surface area contributed by atoms with E-state index < -0.39 is 5.60 Å². The Kier molecular flexibility index (Phi) is 4.72. The number of carbonyl (C=O) groups is 2. The molecule has 2 amide bonds. The third-order valence-corrected chi connectivity index (χ3v) is 2.50. The van der Waals surface area contributed by atoms with Crippen LogP contribution in [0.3, 0.4) is 0 Å². The van der Waals surface area contributed by atoms with Gasteiger partial charge in [-0.1, -0.05) is 0 Å². The molecule has 19 heavy (non-hydrogen) atoms. The van der Waals surface area contributed by atoms with Crippen molar-refractivity contribution < 1.29 is 19.1 Å². The monoisotopic (exact) mass is 268 g/mol. The Morgan fingerprint density at radius 2 is 1.95 bits per heavy atom. The minimum Gasteiger partial charge on any atom is -0.459 e. The summed E-state index contributed by atoms with van der Waals surface area (Å²) in [6, 6.07) is 3.16. The van der Waals surface area contributed by atoms with Gasteiger partial charge in [0.25, 0.3) is 5.91 Å². The molecule has 0 saturated heterocycles. The van der Waals surface area contributed by atoms with Crippen molar-refractivity contribution in [3.05, 3.63) is 24.2 Å². The Morgan fingerprint density at radius 1 is 1.32 bits per heavy atom. The Morgan fingerprint density at radius 3 is 2.42 bits per heavy atom. The Bertz CT molecular complexity index is 434. The highest BCUT2D eigenvalue weighted by molar-refractivity contribution is 5.94. The molecule has 0 bridgehead atoms. The van der Waals surface area contributed by atoms with Gasteiger partial charge in [-0.05, 0) is 26.0 Å². The van der Waals surface area contributed by atoms with Gasteiger partial charge in [0, 0.05) is 20.6 Å². The molecule has 1 N–H and O–H groups in total. The maximum absolute atomic E-state index is 11.9. The van der Waals surface area contributed by atoms with Crippen LogP contribution in [-0.4, -0.2) is 59.5 Å². The van der Waals surface area contributed by atoms with Gasteiger partial charge < -0.3 is 19.3 Å². The molecule has 0 radical (unpaired) electrons. The second-order valence-corrected chi connectivity index (χ2v) is 5.20. The lowest BCUT2D eigenvalue weighted by molar-refractivity contribution is -0.133. The molecule has 106 valence electrons. The first kappa shape index (κ1) is 15.2. The van der Waals surface area contributed by atoms with Gasteiger partial charge in [-0.25, -0.2) is 0 Å². The third kappa shape index (κ3) is 4.75. The number of hydrogen-bond acceptors (Lipinski definition) is 4. The summed E-state index contributed by atoms with van der Waals surface area (Å²) in [5.41, 5.74) is -0.964. The summed E-state index contributed by atoms with van der Waals surface area (Å²) in [4.78, 5) is 26.4. The van der Waals surface area contributed by atoms with Crippen LogP contribution in [0.15, 0.2) is 22.8 Å². The van der Waals surface area contributed by atoms with Crippen molar-refractivity contribution in [3.63, 3.8) is 0 Å². The lowest BCUT2D eigenvalue weighted by Crippen LogP contribution is -2.44. The number of carbonyl (C=O) groups excluding carboxylic acids is 2. The molecule has 1 heterocycles. The Hall–Kier alpha value is -1.82. The first-order valence-electron chi connectivity index (χ1n) is 5.96. The molecular weight excluding hydrogens is 248 g/mol. The second-order valence-electron chi connectivity index (χ2n) is 5.20. The molecular formula is C13H20N2O4. The smallest absolute Gasteiger partial charge is 0.289 e. The molecule has 1 aromatic heterocycles. The number of nitrogens with zero attached hydrogens (tertiary/aromatic N) is 2. The molecule has 0 aliphatic heterocycles. The van der Waals surface area contributed by atoms with Crippen molar-refractivity contribution in [2.45, 2.75) is 19.4 Å². The largest absolute Gasteiger partial charge is 0.459 e. The molecule has 0 aliphatic rings. The summed E-state index contributed by atoms with van der Waals surface area (Å²) in [6.07, 6.45) is 1.41. The topological polar surface area (TPSA) is 74.0 Å². The zero-order valence-corrected chi connectivity index (χ0v) is 11.7. The Balaban J connectivity index is 2.55. The van der Waals surface area contributed by atoms with Crippen molar-refractivity contribution >= 4 is 11.8 Å². The van der Waals surface area contributed by atoms with Gasteiger partial charge in [0.15, 0.2) is 5.76 Å². The fourth-order valence-electron chi connectivity index (χ4n) is 1.65. The fourth-order valence-corrected chi connectivity index (χ4v) is 1.65. The summed E-state index contributed by atoms with van der Waals surface area (Å²) in [7, 11) is 3.12. The van der Waals surface area contributed by atoms with Gasteiger partial charge in [-0.2, -0.15) is 0 Å². The molecule has 6 heteroatoms. The van der Waals surface area contributed by atoms with Gasteiger partial charge >= 0.3 is 0 Å². The number of aliphatic hydroxyl groups is 1. The molecule has 6 nitrogen and oxygen atoms in total. The average Bonchev–Trinajstić information content (AvgIpc) is 2.78. The average molecular weight is 268 g/mol. The van der Waals surface area contributed by atoms with E-state index in [1.807, 2.05) is 0 Å². The molecule has 0 aromatic carbocycles. The van der Waals surface area contributed by atoms with Crippen LogP contribution in [0.2, 0.25) is 0 Å². The zero-order chi connectivity index (χ0) is 14.6. The van der Waals surface area contributed by atoms with Crippen molar-refractivity contribution in [1.29, 1.82) is 0 Å². The SMILES string of the molecule is CN(CC(C)(C)O)C(=O)CN(C)C(=O)c1ccco1. The van der Waals surface area contributed by atoms with Gasteiger partial charge in [-0.15, -0.1) is 0 Å². The lowest BCUT2D eigenvalue weighted by Gasteiger charge is -2.27. The van der Waals surface area contributed by atoms with Gasteiger partial charge in [0.2, 0.25) is 5.91 Å². The normalized spacial score (nSPS) is 11.2. The molecule has 0 saturated carbocycles. The van der Waals surface area contributed by atoms with E-state index in [1.54, 1.807) is 33.0 Å². The highest BCUT2D eigenvalue weighted by Crippen LogP contribution is 2.06. The van der Waals surface area contributed by atoms with Gasteiger partial charge in [0.1, 0.15) is 0 Å². The predicted molar refractivity (Wildman–Crippen MR) is 69.6 cm³/mol. The van der Waals surface area contributed by atoms with E-state index in [0.717, 1.165) is 0 Å². The van der Waals surface area contributed by atoms with E-state index in [-0.39, 0.29) is 30.7 Å². The number of likely N-dealkylation sites (N-methyl/N-ethyl adjacent to an activating group) is 2. The summed E-state index contributed by atoms with van der Waals surface area (Å²) in [6.45, 7) is 3.38. The molecule has 0 spiro atoms. The molecule has 1 rings (SSSR count). The quantitative estimate of drug-likeness (QED) is 0.847. The van der Waals surface area contributed by atoms with Crippen LogP contribution in [0.1, 0.15) is 24.4 Å². The van der Waals surface area contributed by atoms with Crippen LogP contribution in [-0.2, 0) is 4.79 Å². The predicted octanol–water partition coefficient (Wildman–Crippen LogP) is 0.581. The first-order chi connectivity index (χ1) is 8.70. The molecule has 1 aromatic rings. The summed E-state index contributed by atoms with van der Waals surface area (Å²) < 4.78 is 4.98. The van der Waals surface area contributed by atoms with Crippen LogP contribution in [0.5, 0.6) is 0 Å². The third-order valence-electron chi connectivity index (χ3n) is 2.50. The second kappa shape index (κ2) is 5.88. The van der Waals surface area contributed by atoms with E-state index in [2.05, 4.69) is 0 Å². The highest BCUT2D eigenvalue weighted by Gasteiger charge is 2.22. The van der Waals surface area contributed by atoms with Crippen molar-refractivity contribution in [2.24, 2.45) is 0 Å². The molecule has 0 atom stereocenters. The Labute approximate surface area is 112 Å². The number of rotatable bonds is 5. The standard InChI is InChI=1S/C13H20N2O4/c1-13(2,18)9-15(4)11(16)8-14(3)12(17)10-6-5-7-19-10/h5-7,18H,8-9H2,1-4H3.